The van der Waals surface area contributed by atoms with Crippen LogP contribution in [0.2, 0.25) is 0 Å². The van der Waals surface area contributed by atoms with E-state index in [0.29, 0.717) is 22.8 Å². The van der Waals surface area contributed by atoms with Gasteiger partial charge in [-0.3, -0.25) is 4.79 Å². The lowest BCUT2D eigenvalue weighted by Crippen LogP contribution is -2.19. The van der Waals surface area contributed by atoms with Gasteiger partial charge in [-0.15, -0.1) is 0 Å². The Balaban J connectivity index is 1.68. The molecule has 3 aromatic carbocycles. The van der Waals surface area contributed by atoms with Crippen molar-refractivity contribution in [2.75, 3.05) is 24.9 Å². The number of halogens is 2. The Morgan fingerprint density at radius 2 is 1.42 bits per heavy atom. The second-order valence-electron chi connectivity index (χ2n) is 7.38. The third-order valence-electron chi connectivity index (χ3n) is 5.19. The van der Waals surface area contributed by atoms with Gasteiger partial charge in [0.15, 0.2) is 11.5 Å². The summed E-state index contributed by atoms with van der Waals surface area (Å²) in [6.45, 7) is 0. The number of ketones is 1. The van der Waals surface area contributed by atoms with E-state index in [2.05, 4.69) is 42.5 Å². The van der Waals surface area contributed by atoms with Gasteiger partial charge in [-0.05, 0) is 78.4 Å². The molecule has 0 amide bonds. The molecule has 0 heterocycles. The highest BCUT2D eigenvalue weighted by atomic mass is 79.9. The number of hydrogen-bond acceptors (Lipinski definition) is 5. The summed E-state index contributed by atoms with van der Waals surface area (Å²) >= 11 is 6.90. The van der Waals surface area contributed by atoms with Crippen molar-refractivity contribution in [3.63, 3.8) is 0 Å². The minimum absolute atomic E-state index is 0.0673. The van der Waals surface area contributed by atoms with Crippen LogP contribution in [0.3, 0.4) is 0 Å². The molecule has 0 fully saturated rings. The smallest absolute Gasteiger partial charge is 0.207 e. The van der Waals surface area contributed by atoms with Crippen LogP contribution in [0.1, 0.15) is 5.56 Å². The Morgan fingerprint density at radius 1 is 0.818 bits per heavy atom. The van der Waals surface area contributed by atoms with Gasteiger partial charge in [0.2, 0.25) is 5.78 Å². The van der Waals surface area contributed by atoms with Gasteiger partial charge in [0.1, 0.15) is 0 Å². The number of Topliss-reactive ketones (excluding diaryl/α,β-unsaturated/α-hetero) is 1. The highest BCUT2D eigenvalue weighted by Gasteiger charge is 2.30. The Labute approximate surface area is 209 Å². The van der Waals surface area contributed by atoms with Gasteiger partial charge < -0.3 is 20.1 Å². The van der Waals surface area contributed by atoms with Crippen LogP contribution in [0.4, 0.5) is 11.4 Å². The molecule has 1 unspecified atom stereocenters. The predicted octanol–water partition coefficient (Wildman–Crippen LogP) is 6.67. The first-order valence-corrected chi connectivity index (χ1v) is 11.8. The average Bonchev–Trinajstić information content (AvgIpc) is 3.10. The largest absolute Gasteiger partial charge is 0.493 e. The quantitative estimate of drug-likeness (QED) is 0.311. The molecular weight excluding hydrogens is 548 g/mol. The molecule has 4 rings (SSSR count). The summed E-state index contributed by atoms with van der Waals surface area (Å²) in [5.41, 5.74) is 3.75. The van der Waals surface area contributed by atoms with Gasteiger partial charge in [-0.25, -0.2) is 0 Å². The zero-order chi connectivity index (χ0) is 23.4. The highest BCUT2D eigenvalue weighted by Crippen LogP contribution is 2.32. The number of hydrogen-bond donors (Lipinski definition) is 2. The van der Waals surface area contributed by atoms with E-state index in [4.69, 9.17) is 9.47 Å². The van der Waals surface area contributed by atoms with Gasteiger partial charge in [-0.2, -0.15) is 0 Å². The maximum Gasteiger partial charge on any atom is 0.207 e. The normalized spacial score (nSPS) is 16.5. The van der Waals surface area contributed by atoms with E-state index in [1.807, 2.05) is 78.9 Å². The SMILES string of the molecule is COc1ccc(/C=C2\C(=O)C(Nc3ccc(Br)cc3)=CC2Nc2ccc(Br)cc2)cc1OC. The van der Waals surface area contributed by atoms with Crippen LogP contribution >= 0.6 is 31.9 Å². The molecule has 0 saturated heterocycles. The Kier molecular flexibility index (Phi) is 7.20. The van der Waals surface area contributed by atoms with Crippen LogP contribution in [-0.4, -0.2) is 26.0 Å². The van der Waals surface area contributed by atoms with Gasteiger partial charge in [0.05, 0.1) is 26.0 Å². The summed E-state index contributed by atoms with van der Waals surface area (Å²) in [4.78, 5) is 13.4. The first-order chi connectivity index (χ1) is 16.0. The highest BCUT2D eigenvalue weighted by molar-refractivity contribution is 9.10. The molecule has 7 heteroatoms. The van der Waals surface area contributed by atoms with E-state index < -0.39 is 0 Å². The summed E-state index contributed by atoms with van der Waals surface area (Å²) < 4.78 is 12.7. The standard InChI is InChI=1S/C26H22Br2N2O3/c1-32-24-12-3-16(14-25(24)33-2)13-21-22(29-19-8-4-17(27)5-9-19)15-23(26(21)31)30-20-10-6-18(28)7-11-20/h3-15,22,29-30H,1-2H3/b21-13-. The van der Waals surface area contributed by atoms with Crippen molar-refractivity contribution in [1.29, 1.82) is 0 Å². The number of rotatable bonds is 7. The lowest BCUT2D eigenvalue weighted by Gasteiger charge is -2.15. The molecular formula is C26H22Br2N2O3. The van der Waals surface area contributed by atoms with Crippen molar-refractivity contribution in [2.24, 2.45) is 0 Å². The summed E-state index contributed by atoms with van der Waals surface area (Å²) in [7, 11) is 3.19. The third-order valence-corrected chi connectivity index (χ3v) is 6.25. The fourth-order valence-corrected chi connectivity index (χ4v) is 4.07. The maximum atomic E-state index is 13.4. The Hall–Kier alpha value is -3.03. The first-order valence-electron chi connectivity index (χ1n) is 10.2. The van der Waals surface area contributed by atoms with E-state index in [0.717, 1.165) is 25.9 Å². The third kappa shape index (κ3) is 5.49. The van der Waals surface area contributed by atoms with Crippen molar-refractivity contribution in [3.05, 3.63) is 98.6 Å². The van der Waals surface area contributed by atoms with Crippen LogP contribution in [0.15, 0.2) is 93.0 Å². The molecule has 0 bridgehead atoms. The van der Waals surface area contributed by atoms with Crippen LogP contribution in [-0.2, 0) is 4.79 Å². The molecule has 0 aliphatic heterocycles. The molecule has 1 aliphatic carbocycles. The van der Waals surface area contributed by atoms with E-state index in [9.17, 15) is 4.79 Å². The zero-order valence-corrected chi connectivity index (χ0v) is 21.2. The van der Waals surface area contributed by atoms with Crippen LogP contribution in [0.25, 0.3) is 6.08 Å². The molecule has 168 valence electrons. The van der Waals surface area contributed by atoms with Gasteiger partial charge >= 0.3 is 0 Å². The number of benzene rings is 3. The Bertz CT molecular complexity index is 1220. The predicted molar refractivity (Wildman–Crippen MR) is 140 cm³/mol. The monoisotopic (exact) mass is 568 g/mol. The van der Waals surface area contributed by atoms with Crippen molar-refractivity contribution >= 4 is 55.1 Å². The second-order valence-corrected chi connectivity index (χ2v) is 9.22. The molecule has 1 aliphatic rings. The number of anilines is 2. The van der Waals surface area contributed by atoms with Crippen molar-refractivity contribution in [3.8, 4) is 11.5 Å². The summed E-state index contributed by atoms with van der Waals surface area (Å²) in [5.74, 6) is 1.18. The van der Waals surface area contributed by atoms with Crippen LogP contribution in [0, 0.1) is 0 Å². The van der Waals surface area contributed by atoms with E-state index in [1.54, 1.807) is 14.2 Å². The fourth-order valence-electron chi connectivity index (χ4n) is 3.54. The minimum Gasteiger partial charge on any atom is -0.493 e. The molecule has 1 atom stereocenters. The molecule has 5 nitrogen and oxygen atoms in total. The number of allylic oxidation sites excluding steroid dienone is 1. The summed E-state index contributed by atoms with van der Waals surface area (Å²) in [6, 6.07) is 20.8. The van der Waals surface area contributed by atoms with Gasteiger partial charge in [0, 0.05) is 25.9 Å². The number of nitrogens with one attached hydrogen (secondary N) is 2. The fraction of sp³-hybridized carbons (Fsp3) is 0.115. The van der Waals surface area contributed by atoms with Crippen LogP contribution < -0.4 is 20.1 Å². The lowest BCUT2D eigenvalue weighted by molar-refractivity contribution is -0.111. The van der Waals surface area contributed by atoms with Crippen molar-refractivity contribution in [1.82, 2.24) is 0 Å². The van der Waals surface area contributed by atoms with E-state index in [-0.39, 0.29) is 11.8 Å². The summed E-state index contributed by atoms with van der Waals surface area (Å²) in [5, 5.41) is 6.71. The molecule has 2 N–H and O–H groups in total. The Morgan fingerprint density at radius 3 is 2.03 bits per heavy atom. The molecule has 0 aromatic heterocycles. The van der Waals surface area contributed by atoms with Crippen molar-refractivity contribution < 1.29 is 14.3 Å². The minimum atomic E-state index is -0.301. The van der Waals surface area contributed by atoms with Crippen LogP contribution in [0.5, 0.6) is 11.5 Å². The first kappa shape index (κ1) is 23.1. The molecule has 0 saturated carbocycles. The number of ether oxygens (including phenoxy) is 2. The molecule has 3 aromatic rings. The van der Waals surface area contributed by atoms with Gasteiger partial charge in [0.25, 0.3) is 0 Å². The maximum absolute atomic E-state index is 13.4. The van der Waals surface area contributed by atoms with E-state index in [1.165, 1.54) is 0 Å². The molecule has 33 heavy (non-hydrogen) atoms. The molecule has 0 radical (unpaired) electrons. The van der Waals surface area contributed by atoms with E-state index >= 15 is 0 Å². The van der Waals surface area contributed by atoms with Gasteiger partial charge in [-0.1, -0.05) is 37.9 Å². The molecule has 0 spiro atoms. The zero-order valence-electron chi connectivity index (χ0n) is 18.1. The average molecular weight is 570 g/mol. The summed E-state index contributed by atoms with van der Waals surface area (Å²) in [6.07, 6.45) is 3.80. The van der Waals surface area contributed by atoms with Crippen molar-refractivity contribution in [2.45, 2.75) is 6.04 Å². The second kappa shape index (κ2) is 10.3. The number of methoxy groups -OCH3 is 2. The number of carbonyl (C=O) groups is 1. The number of carbonyl (C=O) groups excluding carboxylic acids is 1. The lowest BCUT2D eigenvalue weighted by atomic mass is 10.0. The topological polar surface area (TPSA) is 59.6 Å².